The van der Waals surface area contributed by atoms with Crippen molar-refractivity contribution in [3.63, 3.8) is 0 Å². The number of aromatic nitrogens is 1. The minimum atomic E-state index is -1.05. The first-order chi connectivity index (χ1) is 11.6. The van der Waals surface area contributed by atoms with Crippen LogP contribution in [0.2, 0.25) is 0 Å². The second kappa shape index (κ2) is 7.02. The Balaban J connectivity index is 1.90. The quantitative estimate of drug-likeness (QED) is 0.890. The van der Waals surface area contributed by atoms with Gasteiger partial charge in [0.25, 0.3) is 5.91 Å². The highest BCUT2D eigenvalue weighted by Crippen LogP contribution is 2.23. The molecule has 1 amide bonds. The molecule has 0 radical (unpaired) electrons. The first-order valence-corrected chi connectivity index (χ1v) is 7.82. The van der Waals surface area contributed by atoms with Crippen molar-refractivity contribution in [3.8, 4) is 0 Å². The number of amides is 1. The van der Waals surface area contributed by atoms with Crippen LogP contribution >= 0.6 is 0 Å². The van der Waals surface area contributed by atoms with E-state index in [1.165, 1.54) is 0 Å². The fourth-order valence-electron chi connectivity index (χ4n) is 2.95. The van der Waals surface area contributed by atoms with Crippen LogP contribution in [0.15, 0.2) is 30.5 Å². The number of morpholine rings is 1. The van der Waals surface area contributed by atoms with E-state index >= 15 is 0 Å². The summed E-state index contributed by atoms with van der Waals surface area (Å²) >= 11 is 0. The van der Waals surface area contributed by atoms with Crippen molar-refractivity contribution < 1.29 is 24.2 Å². The van der Waals surface area contributed by atoms with Gasteiger partial charge in [0, 0.05) is 37.3 Å². The minimum absolute atomic E-state index is 0.0613. The van der Waals surface area contributed by atoms with E-state index in [0.29, 0.717) is 25.3 Å². The maximum atomic E-state index is 12.9. The fourth-order valence-corrected chi connectivity index (χ4v) is 2.95. The van der Waals surface area contributed by atoms with Crippen molar-refractivity contribution in [2.24, 2.45) is 0 Å². The van der Waals surface area contributed by atoms with Crippen LogP contribution in [0.1, 0.15) is 10.4 Å². The Morgan fingerprint density at radius 2 is 2.17 bits per heavy atom. The number of hydrogen-bond acceptors (Lipinski definition) is 4. The lowest BCUT2D eigenvalue weighted by atomic mass is 10.1. The summed E-state index contributed by atoms with van der Waals surface area (Å²) in [5, 5.41) is 9.96. The lowest BCUT2D eigenvalue weighted by Gasteiger charge is -2.30. The molecule has 1 atom stereocenters. The monoisotopic (exact) mass is 332 g/mol. The summed E-state index contributed by atoms with van der Waals surface area (Å²) in [6.07, 6.45) is 0.849. The van der Waals surface area contributed by atoms with Crippen molar-refractivity contribution in [2.45, 2.75) is 12.6 Å². The predicted octanol–water partition coefficient (Wildman–Crippen LogP) is 1.21. The summed E-state index contributed by atoms with van der Waals surface area (Å²) < 4.78 is 12.3. The van der Waals surface area contributed by atoms with Gasteiger partial charge in [0.2, 0.25) is 0 Å². The van der Waals surface area contributed by atoms with Gasteiger partial charge in [-0.1, -0.05) is 18.2 Å². The normalized spacial score (nSPS) is 18.0. The Labute approximate surface area is 139 Å². The molecule has 1 aromatic carbocycles. The molecule has 0 saturated carbocycles. The summed E-state index contributed by atoms with van der Waals surface area (Å²) in [5.41, 5.74) is 1.54. The van der Waals surface area contributed by atoms with Gasteiger partial charge < -0.3 is 24.0 Å². The molecule has 24 heavy (non-hydrogen) atoms. The number of carbonyl (C=O) groups excluding carboxylic acids is 1. The van der Waals surface area contributed by atoms with E-state index in [0.717, 1.165) is 10.9 Å². The Hall–Kier alpha value is -2.38. The van der Waals surface area contributed by atoms with E-state index in [1.54, 1.807) is 12.0 Å². The van der Waals surface area contributed by atoms with Crippen LogP contribution in [0.25, 0.3) is 10.9 Å². The Kier molecular flexibility index (Phi) is 4.82. The van der Waals surface area contributed by atoms with Gasteiger partial charge in [-0.05, 0) is 6.07 Å². The van der Waals surface area contributed by atoms with E-state index in [1.807, 2.05) is 35.0 Å². The van der Waals surface area contributed by atoms with Crippen molar-refractivity contribution >= 4 is 22.8 Å². The Morgan fingerprint density at radius 1 is 1.38 bits per heavy atom. The van der Waals surface area contributed by atoms with Crippen LogP contribution in [0.5, 0.6) is 0 Å². The van der Waals surface area contributed by atoms with E-state index in [-0.39, 0.29) is 19.1 Å². The molecule has 1 saturated heterocycles. The van der Waals surface area contributed by atoms with Gasteiger partial charge in [-0.2, -0.15) is 0 Å². The van der Waals surface area contributed by atoms with Crippen LogP contribution in [-0.2, 0) is 20.8 Å². The average molecular weight is 332 g/mol. The number of hydrogen-bond donors (Lipinski definition) is 1. The van der Waals surface area contributed by atoms with E-state index in [9.17, 15) is 9.59 Å². The Morgan fingerprint density at radius 3 is 2.92 bits per heavy atom. The third-order valence-corrected chi connectivity index (χ3v) is 4.18. The lowest BCUT2D eigenvalue weighted by molar-refractivity contribution is -0.154. The molecular formula is C17H20N2O5. The molecule has 1 unspecified atom stereocenters. The molecule has 128 valence electrons. The van der Waals surface area contributed by atoms with E-state index in [4.69, 9.17) is 14.6 Å². The predicted molar refractivity (Wildman–Crippen MR) is 87.1 cm³/mol. The number of carboxylic acids is 1. The molecule has 1 aliphatic heterocycles. The van der Waals surface area contributed by atoms with Crippen LogP contribution in [-0.4, -0.2) is 66.0 Å². The number of nitrogens with zero attached hydrogens (tertiary/aromatic N) is 2. The summed E-state index contributed by atoms with van der Waals surface area (Å²) in [6, 6.07) is 7.68. The third kappa shape index (κ3) is 3.13. The first-order valence-electron chi connectivity index (χ1n) is 7.82. The molecule has 1 aromatic heterocycles. The summed E-state index contributed by atoms with van der Waals surface area (Å²) in [5.74, 6) is -1.22. The number of para-hydroxylation sites is 1. The number of carbonyl (C=O) groups is 2. The van der Waals surface area contributed by atoms with Gasteiger partial charge in [0.05, 0.1) is 25.3 Å². The highest BCUT2D eigenvalue weighted by molar-refractivity contribution is 6.07. The molecule has 7 heteroatoms. The molecule has 1 aliphatic rings. The molecule has 0 spiro atoms. The first kappa shape index (κ1) is 16.5. The van der Waals surface area contributed by atoms with Crippen molar-refractivity contribution in [3.05, 3.63) is 36.0 Å². The Bertz CT molecular complexity index is 755. The summed E-state index contributed by atoms with van der Waals surface area (Å²) in [7, 11) is 1.64. The van der Waals surface area contributed by atoms with Gasteiger partial charge in [0.1, 0.15) is 0 Å². The molecule has 1 N–H and O–H groups in total. The summed E-state index contributed by atoms with van der Waals surface area (Å²) in [4.78, 5) is 25.6. The molecular weight excluding hydrogens is 312 g/mol. The lowest BCUT2D eigenvalue weighted by Crippen LogP contribution is -2.48. The fraction of sp³-hybridized carbons (Fsp3) is 0.412. The zero-order chi connectivity index (χ0) is 17.1. The van der Waals surface area contributed by atoms with Gasteiger partial charge in [0.15, 0.2) is 6.10 Å². The number of aliphatic carboxylic acids is 1. The largest absolute Gasteiger partial charge is 0.479 e. The smallest absolute Gasteiger partial charge is 0.334 e. The molecule has 2 aromatic rings. The second-order valence-electron chi connectivity index (χ2n) is 5.69. The SMILES string of the molecule is COCCn1cc(C(=O)N2CCOC(C(=O)O)C2)c2ccccc21. The van der Waals surface area contributed by atoms with Crippen molar-refractivity contribution in [1.29, 1.82) is 0 Å². The zero-order valence-corrected chi connectivity index (χ0v) is 13.5. The van der Waals surface area contributed by atoms with Crippen LogP contribution in [0.3, 0.4) is 0 Å². The molecule has 2 heterocycles. The number of benzene rings is 1. The molecule has 0 aliphatic carbocycles. The molecule has 1 fully saturated rings. The highest BCUT2D eigenvalue weighted by atomic mass is 16.5. The van der Waals surface area contributed by atoms with Gasteiger partial charge >= 0.3 is 5.97 Å². The molecule has 0 bridgehead atoms. The number of ether oxygens (including phenoxy) is 2. The van der Waals surface area contributed by atoms with Crippen LogP contribution in [0, 0.1) is 0 Å². The van der Waals surface area contributed by atoms with E-state index in [2.05, 4.69) is 0 Å². The number of fused-ring (bicyclic) bond motifs is 1. The number of methoxy groups -OCH3 is 1. The highest BCUT2D eigenvalue weighted by Gasteiger charge is 2.30. The standard InChI is InChI=1S/C17H20N2O5/c1-23-8-6-18-10-13(12-4-2-3-5-14(12)18)16(20)19-7-9-24-15(11-19)17(21)22/h2-5,10,15H,6-9,11H2,1H3,(H,21,22). The zero-order valence-electron chi connectivity index (χ0n) is 13.5. The molecule has 3 rings (SSSR count). The average Bonchev–Trinajstić information content (AvgIpc) is 2.98. The second-order valence-corrected chi connectivity index (χ2v) is 5.69. The van der Waals surface area contributed by atoms with E-state index < -0.39 is 12.1 Å². The third-order valence-electron chi connectivity index (χ3n) is 4.18. The van der Waals surface area contributed by atoms with Gasteiger partial charge in [-0.15, -0.1) is 0 Å². The van der Waals surface area contributed by atoms with Crippen LogP contribution in [0.4, 0.5) is 0 Å². The number of rotatable bonds is 5. The van der Waals surface area contributed by atoms with Crippen molar-refractivity contribution in [2.75, 3.05) is 33.4 Å². The maximum Gasteiger partial charge on any atom is 0.334 e. The maximum absolute atomic E-state index is 12.9. The molecule has 7 nitrogen and oxygen atoms in total. The van der Waals surface area contributed by atoms with Crippen molar-refractivity contribution in [1.82, 2.24) is 9.47 Å². The summed E-state index contributed by atoms with van der Waals surface area (Å²) in [6.45, 7) is 1.87. The van der Waals surface area contributed by atoms with Crippen LogP contribution < -0.4 is 0 Å². The van der Waals surface area contributed by atoms with Gasteiger partial charge in [-0.25, -0.2) is 4.79 Å². The topological polar surface area (TPSA) is 81.0 Å². The van der Waals surface area contributed by atoms with Gasteiger partial charge in [-0.3, -0.25) is 4.79 Å². The minimum Gasteiger partial charge on any atom is -0.479 e. The number of carboxylic acid groups (broad SMARTS) is 1.